The summed E-state index contributed by atoms with van der Waals surface area (Å²) in [4.78, 5) is 16.7. The zero-order valence-electron chi connectivity index (χ0n) is 12.5. The molecule has 1 aliphatic rings. The van der Waals surface area contributed by atoms with Crippen molar-refractivity contribution in [3.05, 3.63) is 46.4 Å². The molecule has 0 radical (unpaired) electrons. The van der Waals surface area contributed by atoms with Gasteiger partial charge >= 0.3 is 0 Å². The first-order chi connectivity index (χ1) is 11.3. The van der Waals surface area contributed by atoms with Crippen LogP contribution in [0.1, 0.15) is 21.7 Å². The molecule has 2 heterocycles. The number of hydrogen-bond acceptors (Lipinski definition) is 6. The molecule has 2 aromatic rings. The van der Waals surface area contributed by atoms with Gasteiger partial charge in [-0.05, 0) is 24.1 Å². The van der Waals surface area contributed by atoms with E-state index in [1.54, 1.807) is 11.7 Å². The standard InChI is InChI=1S/C16H18N2O4S/c19-8-11-1-3-12(4-2-11)22-14-9-21-6-5-13(14)18-16(20)15-7-17-10-23-15/h1-4,7,10,13-14,19H,5-6,8-9H2,(H,18,20)/t13-,14-/m1/s1. The highest BCUT2D eigenvalue weighted by molar-refractivity contribution is 7.11. The van der Waals surface area contributed by atoms with E-state index in [4.69, 9.17) is 14.6 Å². The molecule has 0 bridgehead atoms. The van der Waals surface area contributed by atoms with Crippen LogP contribution in [-0.4, -0.2) is 41.4 Å². The van der Waals surface area contributed by atoms with Crippen molar-refractivity contribution in [1.82, 2.24) is 10.3 Å². The van der Waals surface area contributed by atoms with Crippen molar-refractivity contribution in [3.8, 4) is 5.75 Å². The first kappa shape index (κ1) is 15.9. The Bertz CT molecular complexity index is 630. The fourth-order valence-corrected chi connectivity index (χ4v) is 2.93. The van der Waals surface area contributed by atoms with E-state index < -0.39 is 0 Å². The number of hydrogen-bond donors (Lipinski definition) is 2. The topological polar surface area (TPSA) is 80.7 Å². The van der Waals surface area contributed by atoms with Crippen molar-refractivity contribution in [2.45, 2.75) is 25.2 Å². The van der Waals surface area contributed by atoms with Gasteiger partial charge in [-0.25, -0.2) is 0 Å². The number of benzene rings is 1. The number of thiazole rings is 1. The monoisotopic (exact) mass is 334 g/mol. The number of nitrogens with one attached hydrogen (secondary N) is 1. The molecule has 3 rings (SSSR count). The van der Waals surface area contributed by atoms with E-state index in [9.17, 15) is 4.79 Å². The fourth-order valence-electron chi connectivity index (χ4n) is 2.41. The summed E-state index contributed by atoms with van der Waals surface area (Å²) in [5.41, 5.74) is 2.46. The maximum absolute atomic E-state index is 12.2. The molecule has 23 heavy (non-hydrogen) atoms. The van der Waals surface area contributed by atoms with Crippen molar-refractivity contribution in [1.29, 1.82) is 0 Å². The van der Waals surface area contributed by atoms with E-state index in [0.29, 0.717) is 30.3 Å². The third-order valence-electron chi connectivity index (χ3n) is 3.67. The molecule has 7 heteroatoms. The Morgan fingerprint density at radius 3 is 2.96 bits per heavy atom. The fraction of sp³-hybridized carbons (Fsp3) is 0.375. The smallest absolute Gasteiger partial charge is 0.263 e. The van der Waals surface area contributed by atoms with Crippen LogP contribution in [0, 0.1) is 0 Å². The molecule has 1 saturated heterocycles. The lowest BCUT2D eigenvalue weighted by Gasteiger charge is -2.32. The van der Waals surface area contributed by atoms with Gasteiger partial charge < -0.3 is 19.9 Å². The molecule has 1 fully saturated rings. The van der Waals surface area contributed by atoms with Gasteiger partial charge in [0, 0.05) is 6.61 Å². The summed E-state index contributed by atoms with van der Waals surface area (Å²) >= 11 is 1.31. The van der Waals surface area contributed by atoms with Crippen molar-refractivity contribution in [3.63, 3.8) is 0 Å². The number of carbonyl (C=O) groups excluding carboxylic acids is 1. The SMILES string of the molecule is O=C(N[C@@H]1CCOC[C@H]1Oc1ccc(CO)cc1)c1cncs1. The van der Waals surface area contributed by atoms with Gasteiger partial charge in [-0.15, -0.1) is 11.3 Å². The number of rotatable bonds is 5. The Hall–Kier alpha value is -1.96. The predicted molar refractivity (Wildman–Crippen MR) is 85.6 cm³/mol. The summed E-state index contributed by atoms with van der Waals surface area (Å²) in [5, 5.41) is 12.1. The second-order valence-electron chi connectivity index (χ2n) is 5.27. The van der Waals surface area contributed by atoms with Crippen LogP contribution in [0.25, 0.3) is 0 Å². The van der Waals surface area contributed by atoms with Crippen LogP contribution in [-0.2, 0) is 11.3 Å². The lowest BCUT2D eigenvalue weighted by atomic mass is 10.1. The second kappa shape index (κ2) is 7.54. The number of aliphatic hydroxyl groups excluding tert-OH is 1. The summed E-state index contributed by atoms with van der Waals surface area (Å²) < 4.78 is 11.4. The molecule has 1 aromatic carbocycles. The van der Waals surface area contributed by atoms with Crippen molar-refractivity contribution >= 4 is 17.2 Å². The first-order valence-corrected chi connectivity index (χ1v) is 8.28. The third kappa shape index (κ3) is 4.07. The van der Waals surface area contributed by atoms with Crippen LogP contribution in [0.3, 0.4) is 0 Å². The number of aromatic nitrogens is 1. The Morgan fingerprint density at radius 1 is 1.43 bits per heavy atom. The van der Waals surface area contributed by atoms with E-state index in [0.717, 1.165) is 5.56 Å². The van der Waals surface area contributed by atoms with Crippen LogP contribution in [0.5, 0.6) is 5.75 Å². The average molecular weight is 334 g/mol. The van der Waals surface area contributed by atoms with Gasteiger partial charge in [0.15, 0.2) is 0 Å². The number of ether oxygens (including phenoxy) is 2. The molecule has 0 unspecified atom stereocenters. The van der Waals surface area contributed by atoms with Gasteiger partial charge in [0.25, 0.3) is 5.91 Å². The summed E-state index contributed by atoms with van der Waals surface area (Å²) in [6.45, 7) is 1.02. The number of carbonyl (C=O) groups is 1. The summed E-state index contributed by atoms with van der Waals surface area (Å²) in [7, 11) is 0. The van der Waals surface area contributed by atoms with Gasteiger partial charge in [-0.1, -0.05) is 12.1 Å². The van der Waals surface area contributed by atoms with Gasteiger partial charge in [-0.3, -0.25) is 9.78 Å². The van der Waals surface area contributed by atoms with Crippen molar-refractivity contribution < 1.29 is 19.4 Å². The largest absolute Gasteiger partial charge is 0.486 e. The minimum Gasteiger partial charge on any atom is -0.486 e. The molecular weight excluding hydrogens is 316 g/mol. The summed E-state index contributed by atoms with van der Waals surface area (Å²) in [6, 6.07) is 7.12. The Morgan fingerprint density at radius 2 is 2.26 bits per heavy atom. The molecule has 1 amide bonds. The van der Waals surface area contributed by atoms with E-state index in [2.05, 4.69) is 10.3 Å². The Kier molecular flexibility index (Phi) is 5.22. The van der Waals surface area contributed by atoms with Gasteiger partial charge in [0.2, 0.25) is 0 Å². The first-order valence-electron chi connectivity index (χ1n) is 7.40. The normalized spacial score (nSPS) is 20.9. The summed E-state index contributed by atoms with van der Waals surface area (Å²) in [6.07, 6.45) is 2.01. The van der Waals surface area contributed by atoms with E-state index in [-0.39, 0.29) is 24.7 Å². The van der Waals surface area contributed by atoms with E-state index in [1.165, 1.54) is 11.3 Å². The minimum absolute atomic E-state index is 0.000349. The molecule has 0 spiro atoms. The van der Waals surface area contributed by atoms with E-state index >= 15 is 0 Å². The molecular formula is C16H18N2O4S. The lowest BCUT2D eigenvalue weighted by Crippen LogP contribution is -2.51. The number of aliphatic hydroxyl groups is 1. The lowest BCUT2D eigenvalue weighted by molar-refractivity contribution is -0.0134. The number of nitrogens with zero attached hydrogens (tertiary/aromatic N) is 1. The zero-order chi connectivity index (χ0) is 16.1. The van der Waals surface area contributed by atoms with Gasteiger partial charge in [0.05, 0.1) is 31.0 Å². The maximum atomic E-state index is 12.2. The van der Waals surface area contributed by atoms with Crippen LogP contribution in [0.2, 0.25) is 0 Å². The predicted octanol–water partition coefficient (Wildman–Crippen LogP) is 1.60. The average Bonchev–Trinajstić information content (AvgIpc) is 3.12. The van der Waals surface area contributed by atoms with Crippen molar-refractivity contribution in [2.24, 2.45) is 0 Å². The third-order valence-corrected chi connectivity index (χ3v) is 4.44. The maximum Gasteiger partial charge on any atom is 0.263 e. The summed E-state index contributed by atoms with van der Waals surface area (Å²) in [5.74, 6) is 0.554. The Balaban J connectivity index is 1.64. The minimum atomic E-state index is -0.249. The molecule has 0 saturated carbocycles. The van der Waals surface area contributed by atoms with Crippen LogP contribution >= 0.6 is 11.3 Å². The molecule has 2 atom stereocenters. The Labute approximate surface area is 138 Å². The van der Waals surface area contributed by atoms with Crippen LogP contribution in [0.15, 0.2) is 36.0 Å². The molecule has 6 nitrogen and oxygen atoms in total. The van der Waals surface area contributed by atoms with Crippen LogP contribution < -0.4 is 10.1 Å². The van der Waals surface area contributed by atoms with Crippen molar-refractivity contribution in [2.75, 3.05) is 13.2 Å². The number of amides is 1. The molecule has 0 aliphatic carbocycles. The van der Waals surface area contributed by atoms with Crippen LogP contribution in [0.4, 0.5) is 0 Å². The molecule has 122 valence electrons. The second-order valence-corrected chi connectivity index (χ2v) is 6.15. The van der Waals surface area contributed by atoms with Gasteiger partial charge in [0.1, 0.15) is 16.7 Å². The van der Waals surface area contributed by atoms with E-state index in [1.807, 2.05) is 24.3 Å². The molecule has 1 aliphatic heterocycles. The van der Waals surface area contributed by atoms with Gasteiger partial charge in [-0.2, -0.15) is 0 Å². The highest BCUT2D eigenvalue weighted by Gasteiger charge is 2.29. The molecule has 1 aromatic heterocycles. The highest BCUT2D eigenvalue weighted by atomic mass is 32.1. The zero-order valence-corrected chi connectivity index (χ0v) is 13.3. The highest BCUT2D eigenvalue weighted by Crippen LogP contribution is 2.19. The molecule has 2 N–H and O–H groups in total. The quantitative estimate of drug-likeness (QED) is 0.868.